The Kier molecular flexibility index (Phi) is 9.31. The molecule has 3 rings (SSSR count). The Morgan fingerprint density at radius 1 is 1.23 bits per heavy atom. The number of benzene rings is 2. The van der Waals surface area contributed by atoms with Crippen molar-refractivity contribution in [3.8, 4) is 16.9 Å². The molecule has 2 aromatic carbocycles. The summed E-state index contributed by atoms with van der Waals surface area (Å²) in [7, 11) is 0. The fourth-order valence-electron chi connectivity index (χ4n) is 4.06. The number of hydrogen-bond acceptors (Lipinski definition) is 3. The van der Waals surface area contributed by atoms with E-state index in [4.69, 9.17) is 20.6 Å². The number of allylic oxidation sites excluding steroid dienone is 7. The van der Waals surface area contributed by atoms with E-state index in [1.165, 1.54) is 5.57 Å². The first-order valence-corrected chi connectivity index (χ1v) is 12.2. The van der Waals surface area contributed by atoms with Crippen LogP contribution >= 0.6 is 0 Å². The first-order chi connectivity index (χ1) is 16.9. The van der Waals surface area contributed by atoms with Crippen molar-refractivity contribution >= 4 is 5.84 Å². The van der Waals surface area contributed by atoms with Gasteiger partial charge in [-0.25, -0.2) is 0 Å². The number of nitrogens with one attached hydrogen (secondary N) is 1. The minimum absolute atomic E-state index is 0.0162. The lowest BCUT2D eigenvalue weighted by atomic mass is 9.96. The molecule has 182 valence electrons. The van der Waals surface area contributed by atoms with E-state index in [2.05, 4.69) is 38.3 Å². The molecule has 3 N–H and O–H groups in total. The molecule has 0 unspecified atom stereocenters. The summed E-state index contributed by atoms with van der Waals surface area (Å²) < 4.78 is 12.4. The Hall–Kier alpha value is -3.79. The summed E-state index contributed by atoms with van der Waals surface area (Å²) in [5, 5.41) is 8.07. The zero-order valence-electron chi connectivity index (χ0n) is 20.9. The molecule has 0 aromatic heterocycles. The Morgan fingerprint density at radius 2 is 2.06 bits per heavy atom. The van der Waals surface area contributed by atoms with Crippen LogP contribution in [-0.4, -0.2) is 5.84 Å². The predicted molar refractivity (Wildman–Crippen MR) is 146 cm³/mol. The van der Waals surface area contributed by atoms with Crippen LogP contribution in [0.1, 0.15) is 56.2 Å². The van der Waals surface area contributed by atoms with E-state index in [0.29, 0.717) is 17.9 Å². The molecule has 1 aliphatic heterocycles. The minimum atomic E-state index is 0.0162. The largest absolute Gasteiger partial charge is 0.494 e. The number of fused-ring (bicyclic) bond motifs is 1. The van der Waals surface area contributed by atoms with Gasteiger partial charge in [-0.1, -0.05) is 62.4 Å². The van der Waals surface area contributed by atoms with E-state index in [1.807, 2.05) is 55.5 Å². The van der Waals surface area contributed by atoms with Gasteiger partial charge in [0, 0.05) is 11.1 Å². The third-order valence-corrected chi connectivity index (χ3v) is 5.99. The number of nitrogen functional groups attached to an aromatic ring is 1. The van der Waals surface area contributed by atoms with Crippen molar-refractivity contribution in [3.05, 3.63) is 114 Å². The van der Waals surface area contributed by atoms with Gasteiger partial charge in [-0.2, -0.15) is 0 Å². The van der Waals surface area contributed by atoms with Gasteiger partial charge in [-0.15, -0.1) is 6.58 Å². The maximum absolute atomic E-state index is 8.07. The van der Waals surface area contributed by atoms with Crippen molar-refractivity contribution in [1.29, 1.82) is 5.41 Å². The average molecular weight is 469 g/mol. The van der Waals surface area contributed by atoms with Gasteiger partial charge in [0.2, 0.25) is 0 Å². The van der Waals surface area contributed by atoms with E-state index in [-0.39, 0.29) is 5.84 Å². The summed E-state index contributed by atoms with van der Waals surface area (Å²) in [6.07, 6.45) is 14.6. The molecule has 0 saturated carbocycles. The maximum Gasteiger partial charge on any atom is 0.138 e. The topological polar surface area (TPSA) is 68.3 Å². The molecule has 0 aliphatic carbocycles. The molecule has 0 radical (unpaired) electrons. The smallest absolute Gasteiger partial charge is 0.138 e. The van der Waals surface area contributed by atoms with E-state index in [0.717, 1.165) is 65.9 Å². The Labute approximate surface area is 209 Å². The molecule has 0 bridgehead atoms. The second-order valence-corrected chi connectivity index (χ2v) is 8.73. The third kappa shape index (κ3) is 7.10. The molecule has 0 fully saturated rings. The van der Waals surface area contributed by atoms with Crippen LogP contribution in [-0.2, 0) is 17.8 Å². The first-order valence-electron chi connectivity index (χ1n) is 12.2. The highest BCUT2D eigenvalue weighted by molar-refractivity contribution is 5.96. The van der Waals surface area contributed by atoms with E-state index >= 15 is 0 Å². The first kappa shape index (κ1) is 25.8. The van der Waals surface area contributed by atoms with Crippen LogP contribution < -0.4 is 10.5 Å². The van der Waals surface area contributed by atoms with Crippen molar-refractivity contribution in [2.24, 2.45) is 5.73 Å². The molecule has 35 heavy (non-hydrogen) atoms. The quantitative estimate of drug-likeness (QED) is 0.162. The zero-order valence-corrected chi connectivity index (χ0v) is 20.9. The fraction of sp³-hybridized carbons (Fsp3) is 0.258. The highest BCUT2D eigenvalue weighted by Crippen LogP contribution is 2.36. The van der Waals surface area contributed by atoms with E-state index in [9.17, 15) is 0 Å². The van der Waals surface area contributed by atoms with Crippen LogP contribution in [0.3, 0.4) is 0 Å². The molecule has 1 aliphatic rings. The van der Waals surface area contributed by atoms with Crippen LogP contribution in [0, 0.1) is 5.41 Å². The lowest BCUT2D eigenvalue weighted by Gasteiger charge is -2.17. The zero-order chi connectivity index (χ0) is 25.2. The molecular formula is C31H36N2O2. The van der Waals surface area contributed by atoms with Crippen LogP contribution in [0.15, 0.2) is 97.0 Å². The molecule has 0 atom stereocenters. The second-order valence-electron chi connectivity index (χ2n) is 8.73. The Morgan fingerprint density at radius 3 is 2.80 bits per heavy atom. The average Bonchev–Trinajstić information content (AvgIpc) is 2.94. The van der Waals surface area contributed by atoms with Gasteiger partial charge in [0.25, 0.3) is 0 Å². The van der Waals surface area contributed by atoms with Crippen molar-refractivity contribution in [3.63, 3.8) is 0 Å². The Balaban J connectivity index is 1.99. The summed E-state index contributed by atoms with van der Waals surface area (Å²) in [6.45, 7) is 12.5. The number of para-hydroxylation sites is 1. The molecule has 4 heteroatoms. The minimum Gasteiger partial charge on any atom is -0.494 e. The van der Waals surface area contributed by atoms with Gasteiger partial charge in [-0.3, -0.25) is 5.41 Å². The molecular weight excluding hydrogens is 432 g/mol. The van der Waals surface area contributed by atoms with Crippen LogP contribution in [0.5, 0.6) is 5.75 Å². The summed E-state index contributed by atoms with van der Waals surface area (Å²) in [6, 6.07) is 12.0. The van der Waals surface area contributed by atoms with E-state index in [1.54, 1.807) is 0 Å². The van der Waals surface area contributed by atoms with Crippen LogP contribution in [0.4, 0.5) is 0 Å². The van der Waals surface area contributed by atoms with Crippen LogP contribution in [0.2, 0.25) is 0 Å². The van der Waals surface area contributed by atoms with Gasteiger partial charge in [0.15, 0.2) is 0 Å². The normalized spacial score (nSPS) is 15.4. The van der Waals surface area contributed by atoms with Gasteiger partial charge in [-0.05, 0) is 79.1 Å². The fourth-order valence-corrected chi connectivity index (χ4v) is 4.06. The second kappa shape index (κ2) is 12.6. The number of unbranched alkanes of at least 4 members (excludes halogenated alkanes) is 1. The Bertz CT molecular complexity index is 1180. The SMILES string of the molecule is C=CC/C(CCCC)=C(/C)OCc1cc(C(=N)N)cc(-c2cccc3c2OC(=C)/C=C\C=C/C3)c1. The molecule has 0 amide bonds. The summed E-state index contributed by atoms with van der Waals surface area (Å²) >= 11 is 0. The highest BCUT2D eigenvalue weighted by atomic mass is 16.5. The summed E-state index contributed by atoms with van der Waals surface area (Å²) in [5.41, 5.74) is 11.7. The summed E-state index contributed by atoms with van der Waals surface area (Å²) in [4.78, 5) is 0. The van der Waals surface area contributed by atoms with Gasteiger partial charge < -0.3 is 15.2 Å². The van der Waals surface area contributed by atoms with Gasteiger partial charge in [0.05, 0.1) is 5.76 Å². The maximum atomic E-state index is 8.07. The number of rotatable bonds is 10. The predicted octanol–water partition coefficient (Wildman–Crippen LogP) is 7.76. The number of ether oxygens (including phenoxy) is 2. The number of amidine groups is 1. The molecule has 0 spiro atoms. The van der Waals surface area contributed by atoms with Gasteiger partial charge >= 0.3 is 0 Å². The van der Waals surface area contributed by atoms with Crippen molar-refractivity contribution < 1.29 is 9.47 Å². The van der Waals surface area contributed by atoms with Crippen molar-refractivity contribution in [1.82, 2.24) is 0 Å². The number of hydrogen-bond donors (Lipinski definition) is 2. The van der Waals surface area contributed by atoms with E-state index < -0.39 is 0 Å². The van der Waals surface area contributed by atoms with Crippen molar-refractivity contribution in [2.75, 3.05) is 0 Å². The van der Waals surface area contributed by atoms with Crippen molar-refractivity contribution in [2.45, 2.75) is 52.6 Å². The molecule has 1 heterocycles. The standard InChI is InChI=1S/C31H36N2O2/c1-5-7-14-25(12-6-2)23(4)34-21-24-18-27(20-28(19-24)31(32)33)29-17-11-16-26-15-10-8-9-13-22(3)35-30(26)29/h6,8-11,13,16-20H,2-3,5,7,12,14-15,21H2,1,4H3,(H3,32,33)/b10-8-,13-9-,25-23+. The van der Waals surface area contributed by atoms with Gasteiger partial charge in [0.1, 0.15) is 24.0 Å². The molecule has 4 nitrogen and oxygen atoms in total. The molecule has 0 saturated heterocycles. The number of nitrogens with two attached hydrogens (primary N) is 1. The highest BCUT2D eigenvalue weighted by Gasteiger charge is 2.15. The molecule has 2 aromatic rings. The van der Waals surface area contributed by atoms with Crippen LogP contribution in [0.25, 0.3) is 11.1 Å². The lowest BCUT2D eigenvalue weighted by molar-refractivity contribution is 0.195. The lowest BCUT2D eigenvalue weighted by Crippen LogP contribution is -2.12. The monoisotopic (exact) mass is 468 g/mol. The third-order valence-electron chi connectivity index (χ3n) is 5.99. The summed E-state index contributed by atoms with van der Waals surface area (Å²) in [5.74, 6) is 2.29.